The monoisotopic (exact) mass is 185 g/mol. The fourth-order valence-corrected chi connectivity index (χ4v) is 2.01. The predicted octanol–water partition coefficient (Wildman–Crippen LogP) is -0.145. The van der Waals surface area contributed by atoms with Crippen molar-refractivity contribution in [2.24, 2.45) is 0 Å². The second-order valence-corrected chi connectivity index (χ2v) is 4.75. The van der Waals surface area contributed by atoms with Gasteiger partial charge in [-0.25, -0.2) is 0 Å². The van der Waals surface area contributed by atoms with Gasteiger partial charge in [0.05, 0.1) is 0 Å². The molecule has 0 amide bonds. The second kappa shape index (κ2) is 4.91. The Kier molecular flexibility index (Phi) is 6.27. The van der Waals surface area contributed by atoms with Crippen LogP contribution in [0.15, 0.2) is 0 Å². The van der Waals surface area contributed by atoms with Gasteiger partial charge >= 0.3 is 18.9 Å². The Morgan fingerprint density at radius 2 is 1.33 bits per heavy atom. The van der Waals surface area contributed by atoms with Crippen molar-refractivity contribution in [2.75, 3.05) is 0 Å². The van der Waals surface area contributed by atoms with Crippen molar-refractivity contribution in [3.63, 3.8) is 0 Å². The molecule has 1 fully saturated rings. The Morgan fingerprint density at radius 3 is 1.50 bits per heavy atom. The van der Waals surface area contributed by atoms with E-state index in [1.54, 1.807) is 0 Å². The smallest absolute Gasteiger partial charge is 1.00 e. The van der Waals surface area contributed by atoms with E-state index in [0.29, 0.717) is 11.1 Å². The van der Waals surface area contributed by atoms with Gasteiger partial charge in [0, 0.05) is 11.1 Å². The molecule has 0 unspecified atom stereocenters. The zero-order valence-electron chi connectivity index (χ0n) is 10.0. The molecule has 1 aliphatic rings. The van der Waals surface area contributed by atoms with Gasteiger partial charge in [-0.05, 0) is 47.0 Å². The van der Waals surface area contributed by atoms with E-state index in [9.17, 15) is 0 Å². The standard InChI is InChI=1S/C9H19N.ClH.Li.H/c1-8(2)6-5-7-9(3,4)10-8;;;/h10H,5-7H2,1-4H3;1H;;/q;;+1;-1. The molecule has 1 N–H and O–H groups in total. The molecular formula is C9H21ClLiN. The quantitative estimate of drug-likeness (QED) is 0.518. The van der Waals surface area contributed by atoms with E-state index in [1.807, 2.05) is 0 Å². The number of halogens is 1. The zero-order chi connectivity index (χ0) is 7.83. The number of rotatable bonds is 0. The van der Waals surface area contributed by atoms with Crippen LogP contribution in [0.3, 0.4) is 0 Å². The summed E-state index contributed by atoms with van der Waals surface area (Å²) in [5.41, 5.74) is 0.726. The fraction of sp³-hybridized carbons (Fsp3) is 1.00. The number of hydrogen-bond acceptors (Lipinski definition) is 1. The molecule has 0 spiro atoms. The van der Waals surface area contributed by atoms with Gasteiger partial charge in [0.2, 0.25) is 0 Å². The molecule has 0 aromatic rings. The van der Waals surface area contributed by atoms with Gasteiger partial charge in [-0.15, -0.1) is 12.4 Å². The van der Waals surface area contributed by atoms with Crippen LogP contribution in [-0.2, 0) is 0 Å². The van der Waals surface area contributed by atoms with Gasteiger partial charge in [-0.1, -0.05) is 0 Å². The summed E-state index contributed by atoms with van der Waals surface area (Å²) in [6.45, 7) is 9.14. The Balaban J connectivity index is -0.000000333. The van der Waals surface area contributed by atoms with Crippen LogP contribution < -0.4 is 24.2 Å². The topological polar surface area (TPSA) is 12.0 Å². The molecule has 1 nitrogen and oxygen atoms in total. The summed E-state index contributed by atoms with van der Waals surface area (Å²) in [7, 11) is 0. The molecule has 0 aliphatic carbocycles. The molecule has 0 aromatic carbocycles. The minimum absolute atomic E-state index is 0. The van der Waals surface area contributed by atoms with Gasteiger partial charge < -0.3 is 6.74 Å². The average molecular weight is 186 g/mol. The molecule has 1 saturated heterocycles. The van der Waals surface area contributed by atoms with E-state index in [1.165, 1.54) is 19.3 Å². The minimum atomic E-state index is 0. The van der Waals surface area contributed by atoms with Crippen LogP contribution in [-0.4, -0.2) is 11.1 Å². The van der Waals surface area contributed by atoms with Crippen molar-refractivity contribution in [3.8, 4) is 0 Å². The van der Waals surface area contributed by atoms with E-state index in [-0.39, 0.29) is 32.7 Å². The molecule has 0 atom stereocenters. The largest absolute Gasteiger partial charge is 1.00 e. The van der Waals surface area contributed by atoms with E-state index < -0.39 is 0 Å². The SMILES string of the molecule is CC1(C)CCCC(C)(C)N1.Cl.[H-].[Li+]. The van der Waals surface area contributed by atoms with Gasteiger partial charge in [-0.2, -0.15) is 0 Å². The number of piperidine rings is 1. The van der Waals surface area contributed by atoms with Crippen molar-refractivity contribution in [1.29, 1.82) is 0 Å². The predicted molar refractivity (Wildman–Crippen MR) is 53.5 cm³/mol. The Labute approximate surface area is 96.1 Å². The fourth-order valence-electron chi connectivity index (χ4n) is 2.01. The van der Waals surface area contributed by atoms with E-state index in [4.69, 9.17) is 0 Å². The maximum Gasteiger partial charge on any atom is 1.00 e. The summed E-state index contributed by atoms with van der Waals surface area (Å²) in [6.07, 6.45) is 4.00. The molecule has 0 aromatic heterocycles. The third-order valence-corrected chi connectivity index (χ3v) is 2.28. The van der Waals surface area contributed by atoms with Crippen LogP contribution in [0.4, 0.5) is 0 Å². The summed E-state index contributed by atoms with van der Waals surface area (Å²) >= 11 is 0. The van der Waals surface area contributed by atoms with Gasteiger partial charge in [0.15, 0.2) is 0 Å². The van der Waals surface area contributed by atoms with Gasteiger partial charge in [0.1, 0.15) is 0 Å². The van der Waals surface area contributed by atoms with Crippen LogP contribution >= 0.6 is 12.4 Å². The summed E-state index contributed by atoms with van der Waals surface area (Å²) in [6, 6.07) is 0. The first-order valence-electron chi connectivity index (χ1n) is 4.21. The third kappa shape index (κ3) is 4.77. The van der Waals surface area contributed by atoms with Crippen LogP contribution in [0.5, 0.6) is 0 Å². The summed E-state index contributed by atoms with van der Waals surface area (Å²) in [5.74, 6) is 0. The maximum atomic E-state index is 3.63. The Morgan fingerprint density at radius 1 is 1.00 bits per heavy atom. The van der Waals surface area contributed by atoms with Gasteiger partial charge in [0.25, 0.3) is 0 Å². The van der Waals surface area contributed by atoms with Crippen molar-refractivity contribution in [3.05, 3.63) is 0 Å². The average Bonchev–Trinajstić information content (AvgIpc) is 1.56. The molecule has 0 bridgehead atoms. The summed E-state index contributed by atoms with van der Waals surface area (Å²) in [4.78, 5) is 0. The van der Waals surface area contributed by atoms with Gasteiger partial charge in [-0.3, -0.25) is 0 Å². The molecule has 1 rings (SSSR count). The molecule has 0 radical (unpaired) electrons. The van der Waals surface area contributed by atoms with Crippen LogP contribution in [0.1, 0.15) is 48.4 Å². The molecule has 12 heavy (non-hydrogen) atoms. The van der Waals surface area contributed by atoms with Crippen molar-refractivity contribution >= 4 is 12.4 Å². The molecule has 1 aliphatic heterocycles. The third-order valence-electron chi connectivity index (χ3n) is 2.28. The molecule has 70 valence electrons. The molecule has 0 saturated carbocycles. The van der Waals surface area contributed by atoms with Crippen molar-refractivity contribution < 1.29 is 20.3 Å². The van der Waals surface area contributed by atoms with Crippen LogP contribution in [0.25, 0.3) is 0 Å². The minimum Gasteiger partial charge on any atom is -1.00 e. The number of hydrogen-bond donors (Lipinski definition) is 1. The Bertz CT molecular complexity index is 126. The molecule has 1 heterocycles. The normalized spacial score (nSPS) is 25.0. The Hall–Kier alpha value is 0.847. The number of nitrogens with one attached hydrogen (secondary N) is 1. The van der Waals surface area contributed by atoms with Crippen LogP contribution in [0.2, 0.25) is 0 Å². The first kappa shape index (κ1) is 15.3. The maximum absolute atomic E-state index is 3.63. The van der Waals surface area contributed by atoms with E-state index in [0.717, 1.165) is 0 Å². The van der Waals surface area contributed by atoms with Crippen LogP contribution in [0, 0.1) is 0 Å². The summed E-state index contributed by atoms with van der Waals surface area (Å²) in [5, 5.41) is 3.63. The first-order valence-corrected chi connectivity index (χ1v) is 4.21. The van der Waals surface area contributed by atoms with E-state index >= 15 is 0 Å². The second-order valence-electron chi connectivity index (χ2n) is 4.75. The zero-order valence-corrected chi connectivity index (χ0v) is 9.85. The van der Waals surface area contributed by atoms with Crippen molar-refractivity contribution in [2.45, 2.75) is 58.0 Å². The van der Waals surface area contributed by atoms with Crippen molar-refractivity contribution in [1.82, 2.24) is 5.32 Å². The summed E-state index contributed by atoms with van der Waals surface area (Å²) < 4.78 is 0. The molecule has 3 heteroatoms. The van der Waals surface area contributed by atoms with E-state index in [2.05, 4.69) is 33.0 Å². The first-order chi connectivity index (χ1) is 4.41. The molecular weight excluding hydrogens is 164 g/mol.